The number of fused-ring (bicyclic) bond motifs is 1. The van der Waals surface area contributed by atoms with Gasteiger partial charge < -0.3 is 15.5 Å². The summed E-state index contributed by atoms with van der Waals surface area (Å²) in [4.78, 5) is 12.9. The smallest absolute Gasteiger partial charge is 0.191 e. The van der Waals surface area contributed by atoms with Gasteiger partial charge in [-0.2, -0.15) is 0 Å². The van der Waals surface area contributed by atoms with Gasteiger partial charge in [0.25, 0.3) is 0 Å². The van der Waals surface area contributed by atoms with Crippen molar-refractivity contribution in [1.29, 1.82) is 0 Å². The van der Waals surface area contributed by atoms with Crippen LogP contribution in [-0.2, 0) is 19.5 Å². The van der Waals surface area contributed by atoms with E-state index in [-0.39, 0.29) is 24.0 Å². The van der Waals surface area contributed by atoms with Crippen LogP contribution in [0.15, 0.2) is 23.2 Å². The van der Waals surface area contributed by atoms with Crippen molar-refractivity contribution in [2.45, 2.75) is 46.7 Å². The maximum atomic E-state index is 4.77. The standard InChI is InChI=1S/C20H29N5S.HI/c1-5-21-20(23-13-19-14(2)24-15(3)26-19)22-12-16-8-9-18-17(11-16)7-6-10-25(18)4;/h8-9,11H,5-7,10,12-13H2,1-4H3,(H2,21,22,23);1H. The van der Waals surface area contributed by atoms with E-state index in [0.717, 1.165) is 36.3 Å². The zero-order valence-electron chi connectivity index (χ0n) is 16.6. The third kappa shape index (κ3) is 5.81. The molecule has 0 saturated carbocycles. The minimum absolute atomic E-state index is 0. The van der Waals surface area contributed by atoms with Gasteiger partial charge in [-0.3, -0.25) is 0 Å². The molecule has 0 unspecified atom stereocenters. The Balaban J connectivity index is 0.00000261. The topological polar surface area (TPSA) is 52.6 Å². The van der Waals surface area contributed by atoms with Gasteiger partial charge in [0.05, 0.1) is 23.8 Å². The zero-order chi connectivity index (χ0) is 18.5. The quantitative estimate of drug-likeness (QED) is 0.371. The number of aliphatic imine (C=N–C) groups is 1. The summed E-state index contributed by atoms with van der Waals surface area (Å²) in [6.45, 7) is 9.65. The minimum atomic E-state index is 0. The van der Waals surface area contributed by atoms with E-state index in [1.54, 1.807) is 11.3 Å². The molecule has 0 bridgehead atoms. The van der Waals surface area contributed by atoms with E-state index in [9.17, 15) is 0 Å². The van der Waals surface area contributed by atoms with Gasteiger partial charge in [-0.25, -0.2) is 9.98 Å². The van der Waals surface area contributed by atoms with Crippen molar-refractivity contribution in [2.24, 2.45) is 4.99 Å². The van der Waals surface area contributed by atoms with Crippen molar-refractivity contribution in [3.63, 3.8) is 0 Å². The molecule has 2 heterocycles. The molecule has 27 heavy (non-hydrogen) atoms. The first-order chi connectivity index (χ1) is 12.6. The molecule has 1 aliphatic heterocycles. The summed E-state index contributed by atoms with van der Waals surface area (Å²) >= 11 is 1.74. The van der Waals surface area contributed by atoms with Crippen molar-refractivity contribution in [3.05, 3.63) is 44.9 Å². The van der Waals surface area contributed by atoms with Gasteiger partial charge in [0, 0.05) is 30.7 Å². The fourth-order valence-corrected chi connectivity index (χ4v) is 4.23. The number of halogens is 1. The second-order valence-corrected chi connectivity index (χ2v) is 8.07. The summed E-state index contributed by atoms with van der Waals surface area (Å²) in [5.41, 5.74) is 5.18. The maximum Gasteiger partial charge on any atom is 0.191 e. The van der Waals surface area contributed by atoms with E-state index in [1.165, 1.54) is 34.5 Å². The third-order valence-electron chi connectivity index (χ3n) is 4.67. The van der Waals surface area contributed by atoms with Crippen LogP contribution in [0.1, 0.15) is 40.1 Å². The number of nitrogens with one attached hydrogen (secondary N) is 2. The predicted octanol–water partition coefficient (Wildman–Crippen LogP) is 4.02. The molecule has 0 spiro atoms. The summed E-state index contributed by atoms with van der Waals surface area (Å²) in [6.07, 6.45) is 2.40. The fourth-order valence-electron chi connectivity index (χ4n) is 3.35. The fraction of sp³-hybridized carbons (Fsp3) is 0.500. The van der Waals surface area contributed by atoms with Crippen LogP contribution in [0.2, 0.25) is 0 Å². The second-order valence-electron chi connectivity index (χ2n) is 6.78. The molecule has 148 valence electrons. The van der Waals surface area contributed by atoms with Crippen LogP contribution in [0.4, 0.5) is 5.69 Å². The molecule has 5 nitrogen and oxygen atoms in total. The van der Waals surface area contributed by atoms with Crippen LogP contribution in [-0.4, -0.2) is 31.1 Å². The van der Waals surface area contributed by atoms with E-state index in [2.05, 4.69) is 59.6 Å². The Morgan fingerprint density at radius 3 is 2.81 bits per heavy atom. The minimum Gasteiger partial charge on any atom is -0.374 e. The number of aryl methyl sites for hydroxylation is 3. The van der Waals surface area contributed by atoms with Crippen molar-refractivity contribution < 1.29 is 0 Å². The van der Waals surface area contributed by atoms with Crippen LogP contribution in [0.25, 0.3) is 0 Å². The number of rotatable bonds is 5. The zero-order valence-corrected chi connectivity index (χ0v) is 19.8. The highest BCUT2D eigenvalue weighted by Gasteiger charge is 2.13. The van der Waals surface area contributed by atoms with E-state index in [0.29, 0.717) is 6.54 Å². The summed E-state index contributed by atoms with van der Waals surface area (Å²) in [6, 6.07) is 6.75. The van der Waals surface area contributed by atoms with E-state index in [1.807, 2.05) is 6.92 Å². The van der Waals surface area contributed by atoms with Gasteiger partial charge in [-0.1, -0.05) is 12.1 Å². The number of aromatic nitrogens is 1. The molecular formula is C20H30IN5S. The molecular weight excluding hydrogens is 469 g/mol. The van der Waals surface area contributed by atoms with Gasteiger partial charge in [0.15, 0.2) is 5.96 Å². The number of benzene rings is 1. The van der Waals surface area contributed by atoms with Crippen LogP contribution in [0, 0.1) is 13.8 Å². The number of hydrogen-bond acceptors (Lipinski definition) is 4. The first kappa shape index (κ1) is 21.9. The molecule has 2 N–H and O–H groups in total. The Morgan fingerprint density at radius 1 is 1.30 bits per heavy atom. The summed E-state index contributed by atoms with van der Waals surface area (Å²) < 4.78 is 0. The molecule has 1 aliphatic rings. The van der Waals surface area contributed by atoms with Gasteiger partial charge in [0.2, 0.25) is 0 Å². The second kappa shape index (κ2) is 10.3. The first-order valence-electron chi connectivity index (χ1n) is 9.35. The molecule has 0 radical (unpaired) electrons. The number of nitrogens with zero attached hydrogens (tertiary/aromatic N) is 3. The lowest BCUT2D eigenvalue weighted by Gasteiger charge is -2.27. The maximum absolute atomic E-state index is 4.77. The largest absolute Gasteiger partial charge is 0.374 e. The van der Waals surface area contributed by atoms with Crippen molar-refractivity contribution in [3.8, 4) is 0 Å². The van der Waals surface area contributed by atoms with Crippen LogP contribution >= 0.6 is 35.3 Å². The molecule has 1 aromatic heterocycles. The van der Waals surface area contributed by atoms with E-state index >= 15 is 0 Å². The van der Waals surface area contributed by atoms with Crippen LogP contribution in [0.3, 0.4) is 0 Å². The van der Waals surface area contributed by atoms with E-state index < -0.39 is 0 Å². The van der Waals surface area contributed by atoms with Gasteiger partial charge in [-0.15, -0.1) is 35.3 Å². The number of anilines is 1. The van der Waals surface area contributed by atoms with E-state index in [4.69, 9.17) is 4.99 Å². The molecule has 0 amide bonds. The summed E-state index contributed by atoms with van der Waals surface area (Å²) in [5, 5.41) is 7.88. The molecule has 0 aliphatic carbocycles. The normalized spacial score (nSPS) is 13.8. The molecule has 1 aromatic carbocycles. The molecule has 3 rings (SSSR count). The van der Waals surface area contributed by atoms with Gasteiger partial charge in [-0.05, 0) is 50.8 Å². The average Bonchev–Trinajstić information content (AvgIpc) is 2.95. The van der Waals surface area contributed by atoms with Crippen molar-refractivity contribution in [2.75, 3.05) is 25.0 Å². The Kier molecular flexibility index (Phi) is 8.34. The molecule has 0 fully saturated rings. The Labute approximate surface area is 183 Å². The molecule has 2 aromatic rings. The number of thiazole rings is 1. The number of guanidine groups is 1. The van der Waals surface area contributed by atoms with Crippen molar-refractivity contribution in [1.82, 2.24) is 15.6 Å². The lowest BCUT2D eigenvalue weighted by Crippen LogP contribution is -2.36. The molecule has 0 atom stereocenters. The molecule has 7 heteroatoms. The third-order valence-corrected chi connectivity index (χ3v) is 5.75. The van der Waals surface area contributed by atoms with Crippen molar-refractivity contribution >= 4 is 47.0 Å². The lowest BCUT2D eigenvalue weighted by atomic mass is 10.00. The van der Waals surface area contributed by atoms with Crippen LogP contribution in [0.5, 0.6) is 0 Å². The number of hydrogen-bond donors (Lipinski definition) is 2. The molecule has 0 saturated heterocycles. The Bertz CT molecular complexity index is 787. The summed E-state index contributed by atoms with van der Waals surface area (Å²) in [7, 11) is 2.17. The van der Waals surface area contributed by atoms with Crippen LogP contribution < -0.4 is 15.5 Å². The highest BCUT2D eigenvalue weighted by atomic mass is 127. The monoisotopic (exact) mass is 499 g/mol. The predicted molar refractivity (Wildman–Crippen MR) is 127 cm³/mol. The highest BCUT2D eigenvalue weighted by Crippen LogP contribution is 2.27. The Morgan fingerprint density at radius 2 is 2.11 bits per heavy atom. The average molecular weight is 499 g/mol. The Hall–Kier alpha value is -1.35. The first-order valence-corrected chi connectivity index (χ1v) is 10.2. The highest BCUT2D eigenvalue weighted by molar-refractivity contribution is 14.0. The SMILES string of the molecule is CCNC(=NCc1ccc2c(c1)CCCN2C)NCc1sc(C)nc1C.I. The van der Waals surface area contributed by atoms with Gasteiger partial charge in [0.1, 0.15) is 0 Å². The van der Waals surface area contributed by atoms with Gasteiger partial charge >= 0.3 is 0 Å². The summed E-state index contributed by atoms with van der Waals surface area (Å²) in [5.74, 6) is 0.854. The lowest BCUT2D eigenvalue weighted by molar-refractivity contribution is 0.742.